The quantitative estimate of drug-likeness (QED) is 0.925. The lowest BCUT2D eigenvalue weighted by Crippen LogP contribution is -2.45. The second-order valence-electron chi connectivity index (χ2n) is 6.59. The summed E-state index contributed by atoms with van der Waals surface area (Å²) in [5.41, 5.74) is 2.95. The summed E-state index contributed by atoms with van der Waals surface area (Å²) in [7, 11) is 0. The van der Waals surface area contributed by atoms with Crippen LogP contribution in [0.1, 0.15) is 30.0 Å². The Kier molecular flexibility index (Phi) is 3.44. The van der Waals surface area contributed by atoms with Gasteiger partial charge in [-0.2, -0.15) is 0 Å². The van der Waals surface area contributed by atoms with E-state index in [9.17, 15) is 0 Å². The maximum atomic E-state index is 3.49. The van der Waals surface area contributed by atoms with Crippen LogP contribution in [0.3, 0.4) is 0 Å². The average Bonchev–Trinajstić information content (AvgIpc) is 3.36. The predicted molar refractivity (Wildman–Crippen MR) is 88.6 cm³/mol. The molecule has 1 saturated heterocycles. The van der Waals surface area contributed by atoms with Crippen molar-refractivity contribution in [2.45, 2.75) is 25.8 Å². The molecule has 1 saturated carbocycles. The molecule has 1 aliphatic carbocycles. The topological polar surface area (TPSA) is 15.3 Å². The number of rotatable bonds is 3. The average molecular weight is 280 g/mol. The molecule has 0 radical (unpaired) electrons. The Morgan fingerprint density at radius 1 is 1.00 bits per heavy atom. The Hall–Kier alpha value is -1.38. The minimum Gasteiger partial charge on any atom is -0.314 e. The first-order valence-corrected chi connectivity index (χ1v) is 8.27. The van der Waals surface area contributed by atoms with Crippen LogP contribution in [0.2, 0.25) is 0 Å². The molecule has 0 unspecified atom stereocenters. The molecule has 1 atom stereocenters. The Morgan fingerprint density at radius 2 is 1.71 bits per heavy atom. The summed E-state index contributed by atoms with van der Waals surface area (Å²) in [6.07, 6.45) is 2.80. The first-order valence-electron chi connectivity index (χ1n) is 8.27. The highest BCUT2D eigenvalue weighted by molar-refractivity contribution is 5.89. The molecule has 2 aliphatic rings. The molecule has 2 fully saturated rings. The zero-order valence-electron chi connectivity index (χ0n) is 12.8. The highest BCUT2D eigenvalue weighted by Gasteiger charge is 2.37. The van der Waals surface area contributed by atoms with Crippen LogP contribution in [-0.2, 0) is 0 Å². The molecule has 2 nitrogen and oxygen atoms in total. The standard InChI is InChI=1S/C19H24N2/c1-14-6-9-18(17-5-3-2-4-16(14)17)19(15-7-8-15)21-12-10-20-11-13-21/h2-6,9,15,19-20H,7-8,10-13H2,1H3/t19-/m1/s1. The largest absolute Gasteiger partial charge is 0.314 e. The summed E-state index contributed by atoms with van der Waals surface area (Å²) in [6.45, 7) is 6.86. The van der Waals surface area contributed by atoms with Crippen molar-refractivity contribution < 1.29 is 0 Å². The Balaban J connectivity index is 1.80. The second kappa shape index (κ2) is 5.43. The summed E-state index contributed by atoms with van der Waals surface area (Å²) < 4.78 is 0. The van der Waals surface area contributed by atoms with Crippen molar-refractivity contribution in [3.63, 3.8) is 0 Å². The second-order valence-corrected chi connectivity index (χ2v) is 6.59. The van der Waals surface area contributed by atoms with Gasteiger partial charge in [-0.3, -0.25) is 4.90 Å². The fraction of sp³-hybridized carbons (Fsp3) is 0.474. The number of nitrogens with zero attached hydrogens (tertiary/aromatic N) is 1. The van der Waals surface area contributed by atoms with E-state index < -0.39 is 0 Å². The molecule has 0 bridgehead atoms. The van der Waals surface area contributed by atoms with Crippen LogP contribution in [0.25, 0.3) is 10.8 Å². The fourth-order valence-electron chi connectivity index (χ4n) is 3.85. The van der Waals surface area contributed by atoms with Crippen molar-refractivity contribution in [1.29, 1.82) is 0 Å². The number of hydrogen-bond acceptors (Lipinski definition) is 2. The minimum atomic E-state index is 0.623. The van der Waals surface area contributed by atoms with E-state index in [1.54, 1.807) is 5.56 Å². The summed E-state index contributed by atoms with van der Waals surface area (Å²) in [4.78, 5) is 2.71. The van der Waals surface area contributed by atoms with Gasteiger partial charge in [0.25, 0.3) is 0 Å². The van der Waals surface area contributed by atoms with Crippen LogP contribution < -0.4 is 5.32 Å². The van der Waals surface area contributed by atoms with Gasteiger partial charge >= 0.3 is 0 Å². The van der Waals surface area contributed by atoms with Gasteiger partial charge in [0.15, 0.2) is 0 Å². The van der Waals surface area contributed by atoms with Crippen LogP contribution in [0, 0.1) is 12.8 Å². The van der Waals surface area contributed by atoms with E-state index in [0.29, 0.717) is 6.04 Å². The first-order chi connectivity index (χ1) is 10.3. The lowest BCUT2D eigenvalue weighted by molar-refractivity contribution is 0.157. The van der Waals surface area contributed by atoms with Crippen LogP contribution in [-0.4, -0.2) is 31.1 Å². The van der Waals surface area contributed by atoms with E-state index in [-0.39, 0.29) is 0 Å². The number of benzene rings is 2. The molecule has 0 spiro atoms. The summed E-state index contributed by atoms with van der Waals surface area (Å²) in [5.74, 6) is 0.870. The van der Waals surface area contributed by atoms with Crippen molar-refractivity contribution in [1.82, 2.24) is 10.2 Å². The van der Waals surface area contributed by atoms with Gasteiger partial charge in [0, 0.05) is 32.2 Å². The van der Waals surface area contributed by atoms with Gasteiger partial charge < -0.3 is 5.32 Å². The smallest absolute Gasteiger partial charge is 0.0383 e. The van der Waals surface area contributed by atoms with E-state index >= 15 is 0 Å². The highest BCUT2D eigenvalue weighted by atomic mass is 15.2. The van der Waals surface area contributed by atoms with Crippen molar-refractivity contribution in [2.75, 3.05) is 26.2 Å². The molecular formula is C19H24N2. The Bertz CT molecular complexity index is 639. The number of piperazine rings is 1. The molecule has 1 aliphatic heterocycles. The van der Waals surface area contributed by atoms with Gasteiger partial charge in [-0.25, -0.2) is 0 Å². The van der Waals surface area contributed by atoms with Gasteiger partial charge in [0.2, 0.25) is 0 Å². The number of aryl methyl sites for hydroxylation is 1. The lowest BCUT2D eigenvalue weighted by Gasteiger charge is -2.36. The zero-order valence-corrected chi connectivity index (χ0v) is 12.8. The van der Waals surface area contributed by atoms with Crippen molar-refractivity contribution in [3.8, 4) is 0 Å². The predicted octanol–water partition coefficient (Wildman–Crippen LogP) is 3.50. The van der Waals surface area contributed by atoms with Gasteiger partial charge in [-0.05, 0) is 47.6 Å². The third-order valence-electron chi connectivity index (χ3n) is 5.11. The van der Waals surface area contributed by atoms with E-state index in [2.05, 4.69) is 53.5 Å². The van der Waals surface area contributed by atoms with Crippen molar-refractivity contribution in [3.05, 3.63) is 47.5 Å². The van der Waals surface area contributed by atoms with Gasteiger partial charge in [-0.15, -0.1) is 0 Å². The zero-order chi connectivity index (χ0) is 14.2. The molecule has 110 valence electrons. The lowest BCUT2D eigenvalue weighted by atomic mass is 9.92. The van der Waals surface area contributed by atoms with E-state index in [0.717, 1.165) is 19.0 Å². The van der Waals surface area contributed by atoms with Crippen LogP contribution in [0.4, 0.5) is 0 Å². The maximum Gasteiger partial charge on any atom is 0.0383 e. The molecule has 4 rings (SSSR count). The third kappa shape index (κ3) is 2.47. The summed E-state index contributed by atoms with van der Waals surface area (Å²) >= 11 is 0. The molecule has 0 amide bonds. The van der Waals surface area contributed by atoms with Gasteiger partial charge in [0.05, 0.1) is 0 Å². The number of fused-ring (bicyclic) bond motifs is 1. The molecule has 2 aromatic rings. The molecular weight excluding hydrogens is 256 g/mol. The first kappa shape index (κ1) is 13.3. The SMILES string of the molecule is Cc1ccc([C@@H](C2CC2)N2CCNCC2)c2ccccc12. The van der Waals surface area contributed by atoms with Crippen LogP contribution >= 0.6 is 0 Å². The summed E-state index contributed by atoms with van der Waals surface area (Å²) in [5, 5.41) is 6.38. The molecule has 0 aromatic heterocycles. The highest BCUT2D eigenvalue weighted by Crippen LogP contribution is 2.46. The van der Waals surface area contributed by atoms with Crippen LogP contribution in [0.15, 0.2) is 36.4 Å². The maximum absolute atomic E-state index is 3.49. The van der Waals surface area contributed by atoms with Gasteiger partial charge in [-0.1, -0.05) is 36.4 Å². The van der Waals surface area contributed by atoms with E-state index in [1.807, 2.05) is 0 Å². The third-order valence-corrected chi connectivity index (χ3v) is 5.11. The Labute approximate surface area is 127 Å². The minimum absolute atomic E-state index is 0.623. The molecule has 2 aromatic carbocycles. The molecule has 2 heteroatoms. The molecule has 1 N–H and O–H groups in total. The number of nitrogens with one attached hydrogen (secondary N) is 1. The van der Waals surface area contributed by atoms with Crippen molar-refractivity contribution >= 4 is 10.8 Å². The normalized spacial score (nSPS) is 21.6. The fourth-order valence-corrected chi connectivity index (χ4v) is 3.85. The van der Waals surface area contributed by atoms with Crippen molar-refractivity contribution in [2.24, 2.45) is 5.92 Å². The van der Waals surface area contributed by atoms with Crippen LogP contribution in [0.5, 0.6) is 0 Å². The summed E-state index contributed by atoms with van der Waals surface area (Å²) in [6, 6.07) is 14.3. The molecule has 1 heterocycles. The van der Waals surface area contributed by atoms with Gasteiger partial charge in [0.1, 0.15) is 0 Å². The van der Waals surface area contributed by atoms with E-state index in [1.165, 1.54) is 42.3 Å². The van der Waals surface area contributed by atoms with E-state index in [4.69, 9.17) is 0 Å². The monoisotopic (exact) mass is 280 g/mol. The number of hydrogen-bond donors (Lipinski definition) is 1. The Morgan fingerprint density at radius 3 is 2.43 bits per heavy atom. The molecule has 21 heavy (non-hydrogen) atoms.